The molecule has 0 spiro atoms. The van der Waals surface area contributed by atoms with Crippen molar-refractivity contribution in [2.75, 3.05) is 11.5 Å². The number of hydrogen-bond acceptors (Lipinski definition) is 6. The Labute approximate surface area is 150 Å². The third-order valence-electron chi connectivity index (χ3n) is 4.33. The van der Waals surface area contributed by atoms with Crippen LogP contribution in [0.15, 0.2) is 23.1 Å². The first-order valence-electron chi connectivity index (χ1n) is 7.78. The van der Waals surface area contributed by atoms with Gasteiger partial charge in [0.15, 0.2) is 9.84 Å². The third-order valence-corrected chi connectivity index (χ3v) is 6.95. The fraction of sp³-hybridized carbons (Fsp3) is 0.353. The van der Waals surface area contributed by atoms with E-state index in [-0.39, 0.29) is 28.9 Å². The van der Waals surface area contributed by atoms with Gasteiger partial charge in [-0.05, 0) is 37.8 Å². The van der Waals surface area contributed by atoms with Gasteiger partial charge in [0, 0.05) is 11.3 Å². The molecule has 6 nitrogen and oxygen atoms in total. The van der Waals surface area contributed by atoms with E-state index in [1.165, 1.54) is 11.3 Å². The van der Waals surface area contributed by atoms with Crippen LogP contribution in [0.3, 0.4) is 0 Å². The summed E-state index contributed by atoms with van der Waals surface area (Å²) in [5.41, 5.74) is 2.19. The van der Waals surface area contributed by atoms with Gasteiger partial charge in [-0.3, -0.25) is 9.48 Å². The molecule has 0 aliphatic carbocycles. The summed E-state index contributed by atoms with van der Waals surface area (Å²) in [6.45, 7) is 3.63. The zero-order valence-electron chi connectivity index (χ0n) is 13.9. The van der Waals surface area contributed by atoms with Crippen LogP contribution in [-0.4, -0.2) is 35.5 Å². The zero-order valence-corrected chi connectivity index (χ0v) is 15.5. The number of nitrogens with zero attached hydrogens (tertiary/aromatic N) is 3. The predicted octanol–water partition coefficient (Wildman–Crippen LogP) is 2.71. The molecule has 8 heteroatoms. The lowest BCUT2D eigenvalue weighted by molar-refractivity contribution is 0.104. The first-order chi connectivity index (χ1) is 11.8. The Morgan fingerprint density at radius 1 is 1.48 bits per heavy atom. The minimum atomic E-state index is -3.02. The normalized spacial score (nSPS) is 19.7. The average Bonchev–Trinajstić information content (AvgIpc) is 3.26. The van der Waals surface area contributed by atoms with Crippen molar-refractivity contribution in [1.29, 1.82) is 5.26 Å². The van der Waals surface area contributed by atoms with Gasteiger partial charge in [-0.25, -0.2) is 8.42 Å². The SMILES string of the molecule is Cc1nn([C@H]2CCS(=O)(=O)C2)c(C)c1/C=C(\C#N)C(=O)c1cccs1. The number of carbonyl (C=O) groups is 1. The molecule has 2 aromatic heterocycles. The van der Waals surface area contributed by atoms with Gasteiger partial charge in [0.1, 0.15) is 11.6 Å². The van der Waals surface area contributed by atoms with Crippen LogP contribution in [0.2, 0.25) is 0 Å². The van der Waals surface area contributed by atoms with Gasteiger partial charge in [0.2, 0.25) is 5.78 Å². The van der Waals surface area contributed by atoms with Gasteiger partial charge < -0.3 is 0 Å². The molecular weight excluding hydrogens is 358 g/mol. The number of thiophene rings is 1. The predicted molar refractivity (Wildman–Crippen MR) is 96.2 cm³/mol. The largest absolute Gasteiger partial charge is 0.287 e. The van der Waals surface area contributed by atoms with Crippen molar-refractivity contribution >= 4 is 33.0 Å². The number of carbonyl (C=O) groups excluding carboxylic acids is 1. The molecule has 130 valence electrons. The minimum Gasteiger partial charge on any atom is -0.287 e. The molecule has 3 rings (SSSR count). The number of rotatable bonds is 4. The summed E-state index contributed by atoms with van der Waals surface area (Å²) in [4.78, 5) is 12.9. The van der Waals surface area contributed by atoms with E-state index in [9.17, 15) is 18.5 Å². The highest BCUT2D eigenvalue weighted by Crippen LogP contribution is 2.28. The van der Waals surface area contributed by atoms with E-state index in [0.717, 1.165) is 5.69 Å². The van der Waals surface area contributed by atoms with Crippen molar-refractivity contribution in [3.05, 3.63) is 44.9 Å². The van der Waals surface area contributed by atoms with Crippen LogP contribution in [0, 0.1) is 25.2 Å². The first-order valence-corrected chi connectivity index (χ1v) is 10.5. The van der Waals surface area contributed by atoms with Crippen molar-refractivity contribution in [3.8, 4) is 6.07 Å². The summed E-state index contributed by atoms with van der Waals surface area (Å²) in [5, 5.41) is 15.6. The molecule has 1 saturated heterocycles. The lowest BCUT2D eigenvalue weighted by Gasteiger charge is -2.11. The second-order valence-corrected chi connectivity index (χ2v) is 9.24. The Bertz CT molecular complexity index is 993. The summed E-state index contributed by atoms with van der Waals surface area (Å²) < 4.78 is 25.2. The number of sulfone groups is 1. The highest BCUT2D eigenvalue weighted by molar-refractivity contribution is 7.91. The molecular formula is C17H17N3O3S2. The van der Waals surface area contributed by atoms with Crippen molar-refractivity contribution in [1.82, 2.24) is 9.78 Å². The maximum atomic E-state index is 12.4. The van der Waals surface area contributed by atoms with E-state index in [4.69, 9.17) is 0 Å². The van der Waals surface area contributed by atoms with E-state index in [0.29, 0.717) is 22.6 Å². The van der Waals surface area contributed by atoms with Crippen LogP contribution >= 0.6 is 11.3 Å². The minimum absolute atomic E-state index is 0.0484. The molecule has 1 fully saturated rings. The molecule has 1 atom stereocenters. The Kier molecular flexibility index (Phi) is 4.62. The molecule has 0 unspecified atom stereocenters. The highest BCUT2D eigenvalue weighted by atomic mass is 32.2. The molecule has 0 N–H and O–H groups in total. The number of aryl methyl sites for hydroxylation is 1. The zero-order chi connectivity index (χ0) is 18.2. The lowest BCUT2D eigenvalue weighted by Crippen LogP contribution is -2.14. The van der Waals surface area contributed by atoms with Gasteiger partial charge in [-0.2, -0.15) is 10.4 Å². The van der Waals surface area contributed by atoms with E-state index >= 15 is 0 Å². The number of hydrogen-bond donors (Lipinski definition) is 0. The van der Waals surface area contributed by atoms with Crippen molar-refractivity contribution in [2.45, 2.75) is 26.3 Å². The number of ketones is 1. The fourth-order valence-corrected chi connectivity index (χ4v) is 5.41. The van der Waals surface area contributed by atoms with Gasteiger partial charge in [0.05, 0.1) is 28.1 Å². The topological polar surface area (TPSA) is 92.8 Å². The van der Waals surface area contributed by atoms with Crippen LogP contribution in [0.4, 0.5) is 0 Å². The number of nitriles is 1. The lowest BCUT2D eigenvalue weighted by atomic mass is 10.1. The van der Waals surface area contributed by atoms with E-state index < -0.39 is 9.84 Å². The van der Waals surface area contributed by atoms with E-state index in [2.05, 4.69) is 5.10 Å². The second-order valence-electron chi connectivity index (χ2n) is 6.06. The highest BCUT2D eigenvalue weighted by Gasteiger charge is 2.31. The van der Waals surface area contributed by atoms with Crippen LogP contribution in [0.5, 0.6) is 0 Å². The molecule has 0 saturated carbocycles. The fourth-order valence-electron chi connectivity index (χ4n) is 3.04. The quantitative estimate of drug-likeness (QED) is 0.465. The van der Waals surface area contributed by atoms with Crippen LogP contribution in [-0.2, 0) is 9.84 Å². The summed E-state index contributed by atoms with van der Waals surface area (Å²) in [6, 6.07) is 5.23. The summed E-state index contributed by atoms with van der Waals surface area (Å²) in [7, 11) is -3.02. The van der Waals surface area contributed by atoms with E-state index in [1.807, 2.05) is 13.0 Å². The first kappa shape index (κ1) is 17.6. The molecule has 0 aromatic carbocycles. The smallest absolute Gasteiger partial charge is 0.213 e. The molecule has 1 aliphatic heterocycles. The Morgan fingerprint density at radius 2 is 2.24 bits per heavy atom. The maximum absolute atomic E-state index is 12.4. The van der Waals surface area contributed by atoms with Gasteiger partial charge >= 0.3 is 0 Å². The summed E-state index contributed by atoms with van der Waals surface area (Å²) in [6.07, 6.45) is 2.09. The standard InChI is InChI=1S/C17H17N3O3S2/c1-11-15(8-13(9-18)17(21)16-4-3-6-24-16)12(2)20(19-11)14-5-7-25(22,23)10-14/h3-4,6,8,14H,5,7,10H2,1-2H3/b13-8+/t14-/m0/s1. The van der Waals surface area contributed by atoms with Gasteiger partial charge in [-0.1, -0.05) is 6.07 Å². The van der Waals surface area contributed by atoms with E-state index in [1.54, 1.807) is 35.2 Å². The molecule has 3 heterocycles. The molecule has 25 heavy (non-hydrogen) atoms. The van der Waals surface area contributed by atoms with Crippen molar-refractivity contribution < 1.29 is 13.2 Å². The molecule has 0 radical (unpaired) electrons. The average molecular weight is 375 g/mol. The molecule has 1 aliphatic rings. The third kappa shape index (κ3) is 3.43. The monoisotopic (exact) mass is 375 g/mol. The Balaban J connectivity index is 1.98. The summed E-state index contributed by atoms with van der Waals surface area (Å²) in [5.74, 6) is -0.0637. The maximum Gasteiger partial charge on any atom is 0.213 e. The number of allylic oxidation sites excluding steroid dienone is 1. The van der Waals surface area contributed by atoms with Gasteiger partial charge in [-0.15, -0.1) is 11.3 Å². The van der Waals surface area contributed by atoms with Crippen LogP contribution in [0.25, 0.3) is 6.08 Å². The Hall–Kier alpha value is -2.24. The van der Waals surface area contributed by atoms with Gasteiger partial charge in [0.25, 0.3) is 0 Å². The number of aromatic nitrogens is 2. The van der Waals surface area contributed by atoms with Crippen molar-refractivity contribution in [3.63, 3.8) is 0 Å². The van der Waals surface area contributed by atoms with Crippen LogP contribution in [0.1, 0.15) is 39.1 Å². The van der Waals surface area contributed by atoms with Crippen molar-refractivity contribution in [2.24, 2.45) is 0 Å². The molecule has 2 aromatic rings. The Morgan fingerprint density at radius 3 is 2.80 bits per heavy atom. The molecule has 0 bridgehead atoms. The second kappa shape index (κ2) is 6.58. The summed E-state index contributed by atoms with van der Waals surface area (Å²) >= 11 is 1.29. The number of Topliss-reactive ketones (excluding diaryl/α,β-unsaturated/α-hetero) is 1. The molecule has 0 amide bonds. The van der Waals surface area contributed by atoms with Crippen LogP contribution < -0.4 is 0 Å².